The molecule has 0 radical (unpaired) electrons. The Labute approximate surface area is 245 Å². The van der Waals surface area contributed by atoms with Gasteiger partial charge in [0.1, 0.15) is 23.3 Å². The molecule has 5 rings (SSSR count). The third-order valence-electron chi connectivity index (χ3n) is 7.69. The molecule has 218 valence electrons. The number of hydrogen-bond donors (Lipinski definition) is 2. The molecule has 0 aliphatic heterocycles. The Morgan fingerprint density at radius 3 is 2.31 bits per heavy atom. The minimum atomic E-state index is -0.978. The van der Waals surface area contributed by atoms with Gasteiger partial charge in [0, 0.05) is 24.3 Å². The highest BCUT2D eigenvalue weighted by atomic mass is 16.5. The molecule has 1 aliphatic carbocycles. The number of carbonyl (C=O) groups is 3. The second-order valence-electron chi connectivity index (χ2n) is 10.7. The van der Waals surface area contributed by atoms with E-state index in [0.29, 0.717) is 33.7 Å². The van der Waals surface area contributed by atoms with E-state index in [9.17, 15) is 14.4 Å². The molecule has 1 fully saturated rings. The van der Waals surface area contributed by atoms with Crippen molar-refractivity contribution in [2.24, 2.45) is 0 Å². The Kier molecular flexibility index (Phi) is 8.80. The van der Waals surface area contributed by atoms with Gasteiger partial charge in [0.2, 0.25) is 11.8 Å². The third kappa shape index (κ3) is 6.27. The third-order valence-corrected chi connectivity index (χ3v) is 7.69. The largest absolute Gasteiger partial charge is 0.497 e. The number of aromatic nitrogens is 3. The molecule has 0 spiro atoms. The number of hydrogen-bond acceptors (Lipinski definition) is 6. The van der Waals surface area contributed by atoms with Crippen molar-refractivity contribution in [2.75, 3.05) is 17.3 Å². The molecule has 10 heteroatoms. The van der Waals surface area contributed by atoms with Crippen LogP contribution in [0, 0.1) is 0 Å². The molecule has 3 aromatic carbocycles. The van der Waals surface area contributed by atoms with Gasteiger partial charge in [0.25, 0.3) is 5.91 Å². The fraction of sp³-hybridized carbons (Fsp3) is 0.344. The van der Waals surface area contributed by atoms with Gasteiger partial charge in [-0.25, -0.2) is 4.68 Å². The van der Waals surface area contributed by atoms with Crippen molar-refractivity contribution in [3.05, 3.63) is 78.4 Å². The van der Waals surface area contributed by atoms with E-state index in [1.165, 1.54) is 11.8 Å². The van der Waals surface area contributed by atoms with Crippen LogP contribution in [-0.4, -0.2) is 45.9 Å². The Morgan fingerprint density at radius 2 is 1.64 bits per heavy atom. The summed E-state index contributed by atoms with van der Waals surface area (Å²) in [6.45, 7) is 3.19. The summed E-state index contributed by atoms with van der Waals surface area (Å²) in [5, 5.41) is 14.5. The van der Waals surface area contributed by atoms with Crippen molar-refractivity contribution in [2.45, 2.75) is 64.1 Å². The van der Waals surface area contributed by atoms with Gasteiger partial charge in [0.15, 0.2) is 0 Å². The molecule has 1 heterocycles. The number of nitrogens with zero attached hydrogens (tertiary/aromatic N) is 4. The monoisotopic (exact) mass is 568 g/mol. The highest BCUT2D eigenvalue weighted by Gasteiger charge is 2.37. The summed E-state index contributed by atoms with van der Waals surface area (Å²) in [6, 6.07) is 19.8. The number of benzene rings is 3. The van der Waals surface area contributed by atoms with E-state index < -0.39 is 12.1 Å². The zero-order chi connectivity index (χ0) is 29.6. The fourth-order valence-electron chi connectivity index (χ4n) is 5.52. The lowest BCUT2D eigenvalue weighted by atomic mass is 9.94. The molecule has 4 aromatic rings. The predicted molar refractivity (Wildman–Crippen MR) is 161 cm³/mol. The van der Waals surface area contributed by atoms with Crippen LogP contribution in [0.2, 0.25) is 0 Å². The molecule has 0 saturated heterocycles. The molecular formula is C32H36N6O4. The van der Waals surface area contributed by atoms with Gasteiger partial charge in [-0.15, -0.1) is 5.10 Å². The lowest BCUT2D eigenvalue weighted by molar-refractivity contribution is -0.128. The van der Waals surface area contributed by atoms with Crippen molar-refractivity contribution < 1.29 is 19.1 Å². The zero-order valence-corrected chi connectivity index (χ0v) is 24.1. The van der Waals surface area contributed by atoms with Gasteiger partial charge in [-0.2, -0.15) is 0 Å². The molecule has 0 bridgehead atoms. The number of amides is 3. The van der Waals surface area contributed by atoms with Crippen LogP contribution in [0.5, 0.6) is 5.75 Å². The summed E-state index contributed by atoms with van der Waals surface area (Å²) in [6.07, 6.45) is 5.08. The highest BCUT2D eigenvalue weighted by Crippen LogP contribution is 2.33. The molecule has 2 atom stereocenters. The number of nitrogens with one attached hydrogen (secondary N) is 2. The van der Waals surface area contributed by atoms with Crippen molar-refractivity contribution in [1.82, 2.24) is 20.3 Å². The Bertz CT molecular complexity index is 1540. The Balaban J connectivity index is 1.60. The summed E-state index contributed by atoms with van der Waals surface area (Å²) < 4.78 is 6.95. The number of para-hydroxylation sites is 1. The summed E-state index contributed by atoms with van der Waals surface area (Å²) in [4.78, 5) is 41.9. The van der Waals surface area contributed by atoms with Crippen LogP contribution >= 0.6 is 0 Å². The second-order valence-corrected chi connectivity index (χ2v) is 10.7. The lowest BCUT2D eigenvalue weighted by Gasteiger charge is -2.35. The number of anilines is 2. The number of rotatable bonds is 9. The normalized spacial score (nSPS) is 15.0. The molecule has 3 amide bonds. The average Bonchev–Trinajstić information content (AvgIpc) is 3.44. The SMILES string of the molecule is COc1ccc([C@@H](C(=O)NC2CCCCC2)N(C(=O)[C@@H](C)n2nnc3ccccc32)c2ccc(NC(C)=O)cc2)cc1. The molecule has 1 saturated carbocycles. The van der Waals surface area contributed by atoms with Gasteiger partial charge < -0.3 is 15.4 Å². The Hall–Kier alpha value is -4.73. The smallest absolute Gasteiger partial charge is 0.252 e. The quantitative estimate of drug-likeness (QED) is 0.287. The van der Waals surface area contributed by atoms with Gasteiger partial charge in [-0.1, -0.05) is 48.7 Å². The minimum Gasteiger partial charge on any atom is -0.497 e. The van der Waals surface area contributed by atoms with Gasteiger partial charge in [0.05, 0.1) is 12.6 Å². The van der Waals surface area contributed by atoms with Gasteiger partial charge in [-0.3, -0.25) is 19.3 Å². The van der Waals surface area contributed by atoms with Crippen LogP contribution in [0.4, 0.5) is 11.4 Å². The summed E-state index contributed by atoms with van der Waals surface area (Å²) in [5.41, 5.74) is 3.11. The number of fused-ring (bicyclic) bond motifs is 1. The maximum absolute atomic E-state index is 14.5. The molecule has 1 aromatic heterocycles. The highest BCUT2D eigenvalue weighted by molar-refractivity contribution is 6.03. The maximum atomic E-state index is 14.5. The van der Waals surface area contributed by atoms with E-state index in [1.54, 1.807) is 55.1 Å². The average molecular weight is 569 g/mol. The lowest BCUT2D eigenvalue weighted by Crippen LogP contribution is -2.48. The van der Waals surface area contributed by atoms with E-state index in [1.807, 2.05) is 36.4 Å². The molecule has 0 unspecified atom stereocenters. The van der Waals surface area contributed by atoms with E-state index in [4.69, 9.17) is 4.74 Å². The summed E-state index contributed by atoms with van der Waals surface area (Å²) in [5.74, 6) is -0.157. The molecule has 10 nitrogen and oxygen atoms in total. The van der Waals surface area contributed by atoms with Crippen LogP contribution in [0.15, 0.2) is 72.8 Å². The standard InChI is InChI=1S/C32H36N6O4/c1-21(38-29-12-8-7-11-28(29)35-36-38)32(41)37(26-17-15-25(16-18-26)33-22(2)39)30(23-13-19-27(42-3)20-14-23)31(40)34-24-9-5-4-6-10-24/h7-8,11-21,24,30H,4-6,9-10H2,1-3H3,(H,33,39)(H,34,40)/t21-,30+/m1/s1. The first-order valence-electron chi connectivity index (χ1n) is 14.3. The predicted octanol–water partition coefficient (Wildman–Crippen LogP) is 5.18. The van der Waals surface area contributed by atoms with Crippen molar-refractivity contribution in [3.8, 4) is 5.75 Å². The first-order chi connectivity index (χ1) is 20.4. The summed E-state index contributed by atoms with van der Waals surface area (Å²) in [7, 11) is 1.58. The van der Waals surface area contributed by atoms with Crippen LogP contribution in [0.3, 0.4) is 0 Å². The number of methoxy groups -OCH3 is 1. The van der Waals surface area contributed by atoms with Gasteiger partial charge >= 0.3 is 0 Å². The molecule has 1 aliphatic rings. The summed E-state index contributed by atoms with van der Waals surface area (Å²) >= 11 is 0. The number of ether oxygens (including phenoxy) is 1. The molecule has 42 heavy (non-hydrogen) atoms. The second kappa shape index (κ2) is 12.8. The van der Waals surface area contributed by atoms with E-state index in [-0.39, 0.29) is 23.8 Å². The van der Waals surface area contributed by atoms with Crippen LogP contribution in [-0.2, 0) is 14.4 Å². The Morgan fingerprint density at radius 1 is 0.952 bits per heavy atom. The van der Waals surface area contributed by atoms with Crippen molar-refractivity contribution >= 4 is 40.1 Å². The topological polar surface area (TPSA) is 118 Å². The first-order valence-corrected chi connectivity index (χ1v) is 14.3. The van der Waals surface area contributed by atoms with Crippen LogP contribution < -0.4 is 20.3 Å². The van der Waals surface area contributed by atoms with E-state index >= 15 is 0 Å². The van der Waals surface area contributed by atoms with Crippen LogP contribution in [0.1, 0.15) is 63.6 Å². The van der Waals surface area contributed by atoms with E-state index in [0.717, 1.165) is 32.1 Å². The minimum absolute atomic E-state index is 0.0442. The zero-order valence-electron chi connectivity index (χ0n) is 24.1. The first kappa shape index (κ1) is 28.8. The fourth-order valence-corrected chi connectivity index (χ4v) is 5.52. The molecule has 2 N–H and O–H groups in total. The van der Waals surface area contributed by atoms with Gasteiger partial charge in [-0.05, 0) is 73.9 Å². The van der Waals surface area contributed by atoms with E-state index in [2.05, 4.69) is 20.9 Å². The van der Waals surface area contributed by atoms with Crippen LogP contribution in [0.25, 0.3) is 11.0 Å². The van der Waals surface area contributed by atoms with Crippen molar-refractivity contribution in [1.29, 1.82) is 0 Å². The maximum Gasteiger partial charge on any atom is 0.252 e. The molecular weight excluding hydrogens is 532 g/mol. The van der Waals surface area contributed by atoms with Crippen molar-refractivity contribution in [3.63, 3.8) is 0 Å². The number of carbonyl (C=O) groups excluding carboxylic acids is 3.